The van der Waals surface area contributed by atoms with Crippen LogP contribution in [0.15, 0.2) is 18.2 Å². The maximum absolute atomic E-state index is 12.1. The van der Waals surface area contributed by atoms with Crippen LogP contribution in [0.5, 0.6) is 11.5 Å². The Bertz CT molecular complexity index is 420. The van der Waals surface area contributed by atoms with Gasteiger partial charge < -0.3 is 19.5 Å². The van der Waals surface area contributed by atoms with Gasteiger partial charge in [0.05, 0.1) is 27.2 Å². The van der Waals surface area contributed by atoms with Gasteiger partial charge >= 0.3 is 0 Å². The largest absolute Gasteiger partial charge is 0.497 e. The summed E-state index contributed by atoms with van der Waals surface area (Å²) >= 11 is 0. The fourth-order valence-corrected chi connectivity index (χ4v) is 1.87. The molecule has 106 valence electrons. The van der Waals surface area contributed by atoms with Crippen LogP contribution in [-0.2, 0) is 11.2 Å². The van der Waals surface area contributed by atoms with E-state index >= 15 is 0 Å². The highest BCUT2D eigenvalue weighted by atomic mass is 16.5. The Kier molecular flexibility index (Phi) is 6.15. The molecule has 1 amide bonds. The minimum absolute atomic E-state index is 0.0329. The fraction of sp³-hybridized carbons (Fsp3) is 0.500. The van der Waals surface area contributed by atoms with E-state index in [0.717, 1.165) is 5.56 Å². The van der Waals surface area contributed by atoms with Gasteiger partial charge in [0.1, 0.15) is 11.5 Å². The van der Waals surface area contributed by atoms with Gasteiger partial charge in [-0.15, -0.1) is 0 Å². The minimum Gasteiger partial charge on any atom is -0.497 e. The molecule has 0 atom stereocenters. The summed E-state index contributed by atoms with van der Waals surface area (Å²) in [4.78, 5) is 13.7. The second kappa shape index (κ2) is 7.63. The van der Waals surface area contributed by atoms with Crippen molar-refractivity contribution in [3.05, 3.63) is 23.8 Å². The average Bonchev–Trinajstić information content (AvgIpc) is 2.44. The van der Waals surface area contributed by atoms with Crippen LogP contribution < -0.4 is 9.47 Å². The Balaban J connectivity index is 2.87. The number of hydrogen-bond acceptors (Lipinski definition) is 4. The highest BCUT2D eigenvalue weighted by Gasteiger charge is 2.15. The second-order valence-corrected chi connectivity index (χ2v) is 4.05. The number of aliphatic hydroxyl groups is 1. The lowest BCUT2D eigenvalue weighted by Crippen LogP contribution is -2.34. The van der Waals surface area contributed by atoms with Crippen LogP contribution in [0.3, 0.4) is 0 Å². The molecular weight excluding hydrogens is 246 g/mol. The number of amides is 1. The summed E-state index contributed by atoms with van der Waals surface area (Å²) in [5, 5.41) is 8.93. The second-order valence-electron chi connectivity index (χ2n) is 4.05. The molecule has 0 aliphatic rings. The molecule has 0 fully saturated rings. The molecular formula is C14H21NO4. The van der Waals surface area contributed by atoms with E-state index in [0.29, 0.717) is 24.6 Å². The van der Waals surface area contributed by atoms with Crippen molar-refractivity contribution in [2.24, 2.45) is 0 Å². The summed E-state index contributed by atoms with van der Waals surface area (Å²) in [6.07, 6.45) is 0.230. The molecule has 0 saturated heterocycles. The molecule has 0 bridgehead atoms. The maximum atomic E-state index is 12.1. The van der Waals surface area contributed by atoms with Gasteiger partial charge in [0, 0.05) is 18.7 Å². The van der Waals surface area contributed by atoms with Gasteiger partial charge in [0.25, 0.3) is 0 Å². The van der Waals surface area contributed by atoms with Gasteiger partial charge in [-0.25, -0.2) is 0 Å². The van der Waals surface area contributed by atoms with Crippen LogP contribution >= 0.6 is 0 Å². The number of rotatable bonds is 7. The summed E-state index contributed by atoms with van der Waals surface area (Å²) in [7, 11) is 3.15. The van der Waals surface area contributed by atoms with Crippen LogP contribution in [0.2, 0.25) is 0 Å². The molecule has 0 saturated carbocycles. The number of ether oxygens (including phenoxy) is 2. The average molecular weight is 267 g/mol. The zero-order valence-electron chi connectivity index (χ0n) is 11.7. The number of carbonyl (C=O) groups excluding carboxylic acids is 1. The van der Waals surface area contributed by atoms with Crippen molar-refractivity contribution in [2.75, 3.05) is 33.9 Å². The van der Waals surface area contributed by atoms with Crippen molar-refractivity contribution in [3.63, 3.8) is 0 Å². The lowest BCUT2D eigenvalue weighted by molar-refractivity contribution is -0.130. The first-order chi connectivity index (χ1) is 9.15. The molecule has 19 heavy (non-hydrogen) atoms. The topological polar surface area (TPSA) is 59.0 Å². The predicted molar refractivity (Wildman–Crippen MR) is 72.6 cm³/mol. The van der Waals surface area contributed by atoms with Crippen molar-refractivity contribution in [1.82, 2.24) is 4.90 Å². The molecule has 1 aromatic rings. The summed E-state index contributed by atoms with van der Waals surface area (Å²) in [5.74, 6) is 1.31. The SMILES string of the molecule is CCN(CCO)C(=O)Cc1cc(OC)ccc1OC. The van der Waals surface area contributed by atoms with Crippen LogP contribution in [0.25, 0.3) is 0 Å². The van der Waals surface area contributed by atoms with Crippen LogP contribution in [-0.4, -0.2) is 49.8 Å². The Morgan fingerprint density at radius 1 is 1.32 bits per heavy atom. The quantitative estimate of drug-likeness (QED) is 0.803. The predicted octanol–water partition coefficient (Wildman–Crippen LogP) is 1.09. The molecule has 1 N–H and O–H groups in total. The van der Waals surface area contributed by atoms with Gasteiger partial charge in [-0.1, -0.05) is 0 Å². The number of hydrogen-bond donors (Lipinski definition) is 1. The molecule has 5 heteroatoms. The normalized spacial score (nSPS) is 10.1. The number of aliphatic hydroxyl groups excluding tert-OH is 1. The smallest absolute Gasteiger partial charge is 0.227 e. The molecule has 5 nitrogen and oxygen atoms in total. The van der Waals surface area contributed by atoms with Gasteiger partial charge in [-0.2, -0.15) is 0 Å². The Morgan fingerprint density at radius 2 is 2.05 bits per heavy atom. The molecule has 0 spiro atoms. The van der Waals surface area contributed by atoms with E-state index in [1.807, 2.05) is 6.92 Å². The summed E-state index contributed by atoms with van der Waals surface area (Å²) in [5.41, 5.74) is 0.781. The molecule has 1 aromatic carbocycles. The first kappa shape index (κ1) is 15.3. The standard InChI is InChI=1S/C14H21NO4/c1-4-15(7-8-16)14(17)10-11-9-12(18-2)5-6-13(11)19-3/h5-6,9,16H,4,7-8,10H2,1-3H3. The molecule has 0 aliphatic carbocycles. The Labute approximate surface area is 113 Å². The molecule has 0 radical (unpaired) electrons. The zero-order chi connectivity index (χ0) is 14.3. The van der Waals surface area contributed by atoms with Crippen molar-refractivity contribution < 1.29 is 19.4 Å². The van der Waals surface area contributed by atoms with Crippen molar-refractivity contribution >= 4 is 5.91 Å². The molecule has 0 aromatic heterocycles. The van der Waals surface area contributed by atoms with E-state index < -0.39 is 0 Å². The van der Waals surface area contributed by atoms with Gasteiger partial charge in [-0.3, -0.25) is 4.79 Å². The number of methoxy groups -OCH3 is 2. The molecule has 0 heterocycles. The zero-order valence-corrected chi connectivity index (χ0v) is 11.7. The first-order valence-electron chi connectivity index (χ1n) is 6.25. The minimum atomic E-state index is -0.0388. The van der Waals surface area contributed by atoms with Crippen molar-refractivity contribution in [2.45, 2.75) is 13.3 Å². The van der Waals surface area contributed by atoms with Gasteiger partial charge in [-0.05, 0) is 25.1 Å². The lowest BCUT2D eigenvalue weighted by atomic mass is 10.1. The monoisotopic (exact) mass is 267 g/mol. The van der Waals surface area contributed by atoms with Crippen LogP contribution in [0, 0.1) is 0 Å². The number of carbonyl (C=O) groups is 1. The van der Waals surface area contributed by atoms with E-state index in [-0.39, 0.29) is 18.9 Å². The molecule has 1 rings (SSSR count). The Hall–Kier alpha value is -1.75. The third kappa shape index (κ3) is 4.13. The fourth-order valence-electron chi connectivity index (χ4n) is 1.87. The van der Waals surface area contributed by atoms with E-state index in [1.165, 1.54) is 0 Å². The van der Waals surface area contributed by atoms with E-state index in [9.17, 15) is 4.79 Å². The maximum Gasteiger partial charge on any atom is 0.227 e. The summed E-state index contributed by atoms with van der Waals surface area (Å²) < 4.78 is 10.4. The number of benzene rings is 1. The van der Waals surface area contributed by atoms with Crippen LogP contribution in [0.1, 0.15) is 12.5 Å². The highest BCUT2D eigenvalue weighted by molar-refractivity contribution is 5.79. The van der Waals surface area contributed by atoms with E-state index in [2.05, 4.69) is 0 Å². The van der Waals surface area contributed by atoms with E-state index in [4.69, 9.17) is 14.6 Å². The molecule has 0 aliphatic heterocycles. The Morgan fingerprint density at radius 3 is 2.58 bits per heavy atom. The van der Waals surface area contributed by atoms with Crippen molar-refractivity contribution in [1.29, 1.82) is 0 Å². The van der Waals surface area contributed by atoms with Gasteiger partial charge in [0.15, 0.2) is 0 Å². The lowest BCUT2D eigenvalue weighted by Gasteiger charge is -2.20. The third-order valence-electron chi connectivity index (χ3n) is 2.93. The summed E-state index contributed by atoms with van der Waals surface area (Å²) in [6, 6.07) is 5.37. The van der Waals surface area contributed by atoms with E-state index in [1.54, 1.807) is 37.3 Å². The first-order valence-corrected chi connectivity index (χ1v) is 6.25. The molecule has 0 unspecified atom stereocenters. The van der Waals surface area contributed by atoms with Gasteiger partial charge in [0.2, 0.25) is 5.91 Å². The number of nitrogens with zero attached hydrogens (tertiary/aromatic N) is 1. The third-order valence-corrected chi connectivity index (χ3v) is 2.93. The van der Waals surface area contributed by atoms with Crippen molar-refractivity contribution in [3.8, 4) is 11.5 Å². The highest BCUT2D eigenvalue weighted by Crippen LogP contribution is 2.24. The number of likely N-dealkylation sites (N-methyl/N-ethyl adjacent to an activating group) is 1. The summed E-state index contributed by atoms with van der Waals surface area (Å²) in [6.45, 7) is 2.78. The van der Waals surface area contributed by atoms with Crippen LogP contribution in [0.4, 0.5) is 0 Å².